The molecule has 6 heteroatoms. The lowest BCUT2D eigenvalue weighted by molar-refractivity contribution is -0.113. The van der Waals surface area contributed by atoms with E-state index in [9.17, 15) is 4.79 Å². The third kappa shape index (κ3) is 2.91. The summed E-state index contributed by atoms with van der Waals surface area (Å²) in [7, 11) is 0. The molecule has 0 radical (unpaired) electrons. The molecular weight excluding hydrogens is 382 g/mol. The maximum absolute atomic E-state index is 12.7. The lowest BCUT2D eigenvalue weighted by Gasteiger charge is -2.17. The fourth-order valence-corrected chi connectivity index (χ4v) is 3.82. The Hall–Kier alpha value is -1.37. The van der Waals surface area contributed by atoms with E-state index in [4.69, 9.17) is 16.6 Å². The number of rotatable bonds is 3. The summed E-state index contributed by atoms with van der Waals surface area (Å²) < 4.78 is 6.60. The lowest BCUT2D eigenvalue weighted by atomic mass is 10.1. The molecule has 1 amide bonds. The first-order valence-corrected chi connectivity index (χ1v) is 8.73. The zero-order valence-corrected chi connectivity index (χ0v) is 14.9. The number of para-hydroxylation sites is 1. The normalized spacial score (nSPS) is 16.8. The van der Waals surface area contributed by atoms with Crippen LogP contribution in [0.5, 0.6) is 0 Å². The van der Waals surface area contributed by atoms with Crippen molar-refractivity contribution in [2.24, 2.45) is 0 Å². The molecule has 1 aromatic carbocycles. The number of hydrogen-bond donors (Lipinski definition) is 0. The van der Waals surface area contributed by atoms with Gasteiger partial charge in [-0.3, -0.25) is 9.69 Å². The van der Waals surface area contributed by atoms with E-state index in [0.29, 0.717) is 19.7 Å². The minimum absolute atomic E-state index is 0.108. The molecule has 3 nitrogen and oxygen atoms in total. The van der Waals surface area contributed by atoms with Crippen molar-refractivity contribution in [3.8, 4) is 0 Å². The second-order valence-electron chi connectivity index (χ2n) is 4.64. The van der Waals surface area contributed by atoms with Gasteiger partial charge in [-0.25, -0.2) is 0 Å². The second kappa shape index (κ2) is 6.40. The Kier molecular flexibility index (Phi) is 4.52. The van der Waals surface area contributed by atoms with E-state index in [0.717, 1.165) is 17.7 Å². The van der Waals surface area contributed by atoms with Gasteiger partial charge in [-0.15, -0.1) is 0 Å². The van der Waals surface area contributed by atoms with Crippen LogP contribution in [0.15, 0.2) is 50.4 Å². The maximum Gasteiger partial charge on any atom is 0.270 e. The van der Waals surface area contributed by atoms with Gasteiger partial charge < -0.3 is 4.42 Å². The van der Waals surface area contributed by atoms with Crippen LogP contribution < -0.4 is 4.90 Å². The van der Waals surface area contributed by atoms with E-state index in [1.54, 1.807) is 23.1 Å². The number of anilines is 1. The number of furan rings is 1. The molecule has 2 heterocycles. The lowest BCUT2D eigenvalue weighted by Crippen LogP contribution is -2.28. The molecule has 0 N–H and O–H groups in total. The largest absolute Gasteiger partial charge is 0.450 e. The summed E-state index contributed by atoms with van der Waals surface area (Å²) >= 11 is 9.94. The van der Waals surface area contributed by atoms with Gasteiger partial charge in [-0.1, -0.05) is 49.1 Å². The van der Waals surface area contributed by atoms with Crippen LogP contribution >= 0.6 is 39.9 Å². The van der Waals surface area contributed by atoms with Gasteiger partial charge >= 0.3 is 0 Å². The Morgan fingerprint density at radius 3 is 2.77 bits per heavy atom. The van der Waals surface area contributed by atoms with Gasteiger partial charge in [-0.05, 0) is 46.1 Å². The van der Waals surface area contributed by atoms with Crippen molar-refractivity contribution in [1.82, 2.24) is 0 Å². The van der Waals surface area contributed by atoms with Crippen LogP contribution in [0, 0.1) is 0 Å². The minimum atomic E-state index is -0.108. The van der Waals surface area contributed by atoms with Crippen molar-refractivity contribution in [3.05, 3.63) is 57.3 Å². The number of halogens is 1. The van der Waals surface area contributed by atoms with Crippen LogP contribution in [0.1, 0.15) is 18.2 Å². The van der Waals surface area contributed by atoms with E-state index in [1.165, 1.54) is 11.8 Å². The summed E-state index contributed by atoms with van der Waals surface area (Å²) in [5.41, 5.74) is 1.96. The van der Waals surface area contributed by atoms with Crippen molar-refractivity contribution >= 4 is 61.9 Å². The van der Waals surface area contributed by atoms with Crippen LogP contribution in [0.2, 0.25) is 0 Å². The monoisotopic (exact) mass is 393 g/mol. The Labute approximate surface area is 146 Å². The fraction of sp³-hybridized carbons (Fsp3) is 0.125. The van der Waals surface area contributed by atoms with E-state index in [2.05, 4.69) is 22.9 Å². The first kappa shape index (κ1) is 15.5. The summed E-state index contributed by atoms with van der Waals surface area (Å²) in [5.74, 6) is 0.513. The van der Waals surface area contributed by atoms with E-state index < -0.39 is 0 Å². The zero-order chi connectivity index (χ0) is 15.7. The zero-order valence-electron chi connectivity index (χ0n) is 11.7. The number of carbonyl (C=O) groups excluding carboxylic acids is 1. The average Bonchev–Trinajstić information content (AvgIpc) is 3.03. The van der Waals surface area contributed by atoms with Gasteiger partial charge in [-0.2, -0.15) is 0 Å². The van der Waals surface area contributed by atoms with E-state index in [1.807, 2.05) is 24.3 Å². The summed E-state index contributed by atoms with van der Waals surface area (Å²) in [6, 6.07) is 11.4. The van der Waals surface area contributed by atoms with Gasteiger partial charge in [0.15, 0.2) is 8.99 Å². The Morgan fingerprint density at radius 1 is 1.32 bits per heavy atom. The van der Waals surface area contributed by atoms with Gasteiger partial charge in [0.05, 0.1) is 10.6 Å². The number of benzene rings is 1. The Balaban J connectivity index is 1.97. The molecule has 0 aliphatic carbocycles. The molecule has 0 spiro atoms. The fourth-order valence-electron chi connectivity index (χ4n) is 2.24. The highest BCUT2D eigenvalue weighted by Crippen LogP contribution is 2.37. The number of thiocarbonyl (C=S) groups is 1. The summed E-state index contributed by atoms with van der Waals surface area (Å²) in [6.45, 7) is 2.06. The average molecular weight is 394 g/mol. The number of carbonyl (C=O) groups is 1. The molecule has 1 aromatic heterocycles. The molecule has 22 heavy (non-hydrogen) atoms. The molecule has 2 aromatic rings. The second-order valence-corrected chi connectivity index (χ2v) is 7.10. The van der Waals surface area contributed by atoms with E-state index >= 15 is 0 Å². The number of thioether (sulfide) groups is 1. The molecule has 0 atom stereocenters. The van der Waals surface area contributed by atoms with Gasteiger partial charge in [0.2, 0.25) is 0 Å². The molecule has 1 fully saturated rings. The van der Waals surface area contributed by atoms with Crippen LogP contribution in [0.4, 0.5) is 5.69 Å². The van der Waals surface area contributed by atoms with E-state index in [-0.39, 0.29) is 5.91 Å². The highest BCUT2D eigenvalue weighted by Gasteiger charge is 2.34. The number of amides is 1. The third-order valence-electron chi connectivity index (χ3n) is 3.27. The molecule has 0 unspecified atom stereocenters. The van der Waals surface area contributed by atoms with Crippen molar-refractivity contribution < 1.29 is 9.21 Å². The smallest absolute Gasteiger partial charge is 0.270 e. The van der Waals surface area contributed by atoms with Crippen LogP contribution in [0.25, 0.3) is 6.08 Å². The number of aryl methyl sites for hydroxylation is 1. The third-order valence-corrected chi connectivity index (χ3v) is 5.00. The van der Waals surface area contributed by atoms with Gasteiger partial charge in [0, 0.05) is 6.08 Å². The summed E-state index contributed by atoms with van der Waals surface area (Å²) in [6.07, 6.45) is 2.57. The first-order chi connectivity index (χ1) is 10.6. The van der Waals surface area contributed by atoms with Crippen LogP contribution in [-0.2, 0) is 11.2 Å². The Morgan fingerprint density at radius 2 is 2.09 bits per heavy atom. The van der Waals surface area contributed by atoms with Gasteiger partial charge in [0.25, 0.3) is 5.91 Å². The highest BCUT2D eigenvalue weighted by molar-refractivity contribution is 9.10. The molecular formula is C16H12BrNO2S2. The van der Waals surface area contributed by atoms with Crippen molar-refractivity contribution in [2.75, 3.05) is 4.90 Å². The quantitative estimate of drug-likeness (QED) is 0.541. The summed E-state index contributed by atoms with van der Waals surface area (Å²) in [4.78, 5) is 14.9. The molecule has 0 bridgehead atoms. The highest BCUT2D eigenvalue weighted by atomic mass is 79.9. The predicted molar refractivity (Wildman–Crippen MR) is 97.9 cm³/mol. The predicted octanol–water partition coefficient (Wildman–Crippen LogP) is 5.01. The molecule has 112 valence electrons. The molecule has 1 aliphatic rings. The molecule has 1 saturated heterocycles. The van der Waals surface area contributed by atoms with Crippen LogP contribution in [0.3, 0.4) is 0 Å². The van der Waals surface area contributed by atoms with Crippen molar-refractivity contribution in [2.45, 2.75) is 13.3 Å². The molecule has 3 rings (SSSR count). The van der Waals surface area contributed by atoms with Crippen molar-refractivity contribution in [3.63, 3.8) is 0 Å². The maximum atomic E-state index is 12.7. The Bertz CT molecular complexity index is 782. The number of hydrogen-bond acceptors (Lipinski definition) is 4. The number of nitrogens with zero attached hydrogens (tertiary/aromatic N) is 1. The van der Waals surface area contributed by atoms with Gasteiger partial charge in [0.1, 0.15) is 5.76 Å². The SMILES string of the molecule is CCc1ccccc1N1C(=O)C(=Cc2ccc(Br)o2)SC1=S. The van der Waals surface area contributed by atoms with Crippen molar-refractivity contribution in [1.29, 1.82) is 0 Å². The summed E-state index contributed by atoms with van der Waals surface area (Å²) in [5, 5.41) is 0. The molecule has 0 saturated carbocycles. The first-order valence-electron chi connectivity index (χ1n) is 6.71. The van der Waals surface area contributed by atoms with Crippen LogP contribution in [-0.4, -0.2) is 10.2 Å². The molecule has 1 aliphatic heterocycles. The topological polar surface area (TPSA) is 33.5 Å². The minimum Gasteiger partial charge on any atom is -0.450 e. The standard InChI is InChI=1S/C16H12BrNO2S2/c1-2-10-5-3-4-6-12(10)18-15(19)13(22-16(18)21)9-11-7-8-14(17)20-11/h3-9H,2H2,1H3.